The van der Waals surface area contributed by atoms with Gasteiger partial charge in [0.1, 0.15) is 0 Å². The minimum absolute atomic E-state index is 0.531. The molecular formula is C21H23N7O. The van der Waals surface area contributed by atoms with Crippen molar-refractivity contribution in [2.75, 3.05) is 18.5 Å². The van der Waals surface area contributed by atoms with Crippen molar-refractivity contribution >= 4 is 22.7 Å². The molecule has 1 aliphatic heterocycles. The normalized spacial score (nSPS) is 15.1. The van der Waals surface area contributed by atoms with Gasteiger partial charge in [-0.15, -0.1) is 0 Å². The molecule has 0 amide bonds. The smallest absolute Gasteiger partial charge is 0.229 e. The van der Waals surface area contributed by atoms with Gasteiger partial charge in [0.05, 0.1) is 30.0 Å². The lowest BCUT2D eigenvalue weighted by atomic mass is 9.91. The van der Waals surface area contributed by atoms with E-state index in [9.17, 15) is 0 Å². The molecule has 8 nitrogen and oxygen atoms in total. The van der Waals surface area contributed by atoms with Crippen LogP contribution in [0.2, 0.25) is 0 Å². The van der Waals surface area contributed by atoms with Gasteiger partial charge in [-0.1, -0.05) is 24.3 Å². The maximum atomic E-state index is 5.50. The molecule has 0 spiro atoms. The highest BCUT2D eigenvalue weighted by Gasteiger charge is 2.16. The topological polar surface area (TPSA) is 82.7 Å². The van der Waals surface area contributed by atoms with Gasteiger partial charge in [0.2, 0.25) is 5.95 Å². The summed E-state index contributed by atoms with van der Waals surface area (Å²) in [5.41, 5.74) is 4.26. The van der Waals surface area contributed by atoms with E-state index in [-0.39, 0.29) is 0 Å². The first kappa shape index (κ1) is 17.8. The van der Waals surface area contributed by atoms with Crippen LogP contribution in [-0.2, 0) is 18.3 Å². The summed E-state index contributed by atoms with van der Waals surface area (Å²) in [4.78, 5) is 9.06. The molecule has 1 N–H and O–H groups in total. The van der Waals surface area contributed by atoms with Crippen LogP contribution in [0.15, 0.2) is 49.1 Å². The molecule has 1 fully saturated rings. The summed E-state index contributed by atoms with van der Waals surface area (Å²) in [7, 11) is 1.87. The van der Waals surface area contributed by atoms with Crippen molar-refractivity contribution < 1.29 is 4.74 Å². The number of nitrogens with zero attached hydrogens (tertiary/aromatic N) is 6. The average Bonchev–Trinajstić information content (AvgIpc) is 3.35. The number of benzene rings is 1. The van der Waals surface area contributed by atoms with E-state index in [0.717, 1.165) is 42.8 Å². The molecule has 0 bridgehead atoms. The molecule has 0 unspecified atom stereocenters. The molecular weight excluding hydrogens is 366 g/mol. The molecule has 4 heterocycles. The fourth-order valence-electron chi connectivity index (χ4n) is 3.81. The molecule has 1 aromatic carbocycles. The van der Waals surface area contributed by atoms with Crippen molar-refractivity contribution in [1.29, 1.82) is 0 Å². The van der Waals surface area contributed by atoms with E-state index in [1.54, 1.807) is 17.1 Å². The van der Waals surface area contributed by atoms with Crippen LogP contribution in [0.5, 0.6) is 0 Å². The molecule has 4 aromatic rings. The Hall–Kier alpha value is -3.26. The largest absolute Gasteiger partial charge is 0.381 e. The van der Waals surface area contributed by atoms with Crippen molar-refractivity contribution in [2.24, 2.45) is 7.05 Å². The monoisotopic (exact) mass is 389 g/mol. The van der Waals surface area contributed by atoms with E-state index in [4.69, 9.17) is 4.74 Å². The van der Waals surface area contributed by atoms with Crippen molar-refractivity contribution in [3.8, 4) is 0 Å². The van der Waals surface area contributed by atoms with Crippen molar-refractivity contribution in [3.63, 3.8) is 0 Å². The van der Waals surface area contributed by atoms with Gasteiger partial charge in [-0.2, -0.15) is 15.2 Å². The zero-order chi connectivity index (χ0) is 19.6. The molecule has 29 heavy (non-hydrogen) atoms. The fourth-order valence-corrected chi connectivity index (χ4v) is 3.81. The zero-order valence-corrected chi connectivity index (χ0v) is 16.3. The Bertz CT molecular complexity index is 1130. The first-order valence-electron chi connectivity index (χ1n) is 9.85. The molecule has 1 aliphatic rings. The van der Waals surface area contributed by atoms with Gasteiger partial charge in [-0.3, -0.25) is 4.68 Å². The number of fused-ring (bicyclic) bond motifs is 1. The summed E-state index contributed by atoms with van der Waals surface area (Å²) in [5, 5.41) is 12.8. The Morgan fingerprint density at radius 3 is 2.86 bits per heavy atom. The van der Waals surface area contributed by atoms with Crippen LogP contribution in [0, 0.1) is 0 Å². The van der Waals surface area contributed by atoms with Crippen LogP contribution < -0.4 is 5.32 Å². The summed E-state index contributed by atoms with van der Waals surface area (Å²) < 4.78 is 9.16. The molecule has 0 aliphatic carbocycles. The molecule has 8 heteroatoms. The van der Waals surface area contributed by atoms with Gasteiger partial charge in [0, 0.05) is 32.7 Å². The van der Waals surface area contributed by atoms with Crippen molar-refractivity contribution in [3.05, 3.63) is 60.2 Å². The fraction of sp³-hybridized carbons (Fsp3) is 0.333. The van der Waals surface area contributed by atoms with E-state index < -0.39 is 0 Å². The predicted octanol–water partition coefficient (Wildman–Crippen LogP) is 3.25. The molecule has 148 valence electrons. The van der Waals surface area contributed by atoms with E-state index in [1.165, 1.54) is 11.1 Å². The minimum Gasteiger partial charge on any atom is -0.381 e. The minimum atomic E-state index is 0.531. The van der Waals surface area contributed by atoms with E-state index in [1.807, 2.05) is 24.1 Å². The molecule has 1 saturated heterocycles. The van der Waals surface area contributed by atoms with Crippen molar-refractivity contribution in [2.45, 2.75) is 25.3 Å². The lowest BCUT2D eigenvalue weighted by molar-refractivity contribution is 0.0853. The van der Waals surface area contributed by atoms with Crippen molar-refractivity contribution in [1.82, 2.24) is 29.5 Å². The summed E-state index contributed by atoms with van der Waals surface area (Å²) in [6, 6.07) is 8.79. The number of hydrogen-bond donors (Lipinski definition) is 1. The third kappa shape index (κ3) is 3.84. The quantitative estimate of drug-likeness (QED) is 0.564. The highest BCUT2D eigenvalue weighted by Crippen LogP contribution is 2.27. The summed E-state index contributed by atoms with van der Waals surface area (Å²) in [6.45, 7) is 2.37. The number of nitrogens with one attached hydrogen (secondary N) is 1. The Kier molecular flexibility index (Phi) is 4.69. The number of anilines is 2. The zero-order valence-electron chi connectivity index (χ0n) is 16.3. The Balaban J connectivity index is 1.39. The van der Waals surface area contributed by atoms with E-state index in [0.29, 0.717) is 18.4 Å². The standard InChI is InChI=1S/C21H23N7O/c1-27-14-19(12-23-27)25-21-22-10-18-11-24-28(20(18)26-21)13-15-3-2-4-17(9-15)16-5-7-29-8-6-16/h2-4,9-12,14,16H,5-8,13H2,1H3,(H,22,25,26). The van der Waals surface area contributed by atoms with Gasteiger partial charge >= 0.3 is 0 Å². The number of hydrogen-bond acceptors (Lipinski definition) is 6. The predicted molar refractivity (Wildman–Crippen MR) is 110 cm³/mol. The first-order valence-corrected chi connectivity index (χ1v) is 9.85. The van der Waals surface area contributed by atoms with Gasteiger partial charge in [0.15, 0.2) is 5.65 Å². The molecule has 5 rings (SSSR count). The van der Waals surface area contributed by atoms with Crippen LogP contribution in [0.3, 0.4) is 0 Å². The second-order valence-corrected chi connectivity index (χ2v) is 7.43. The molecule has 3 aromatic heterocycles. The highest BCUT2D eigenvalue weighted by atomic mass is 16.5. The third-order valence-corrected chi connectivity index (χ3v) is 5.31. The average molecular weight is 389 g/mol. The number of ether oxygens (including phenoxy) is 1. The Morgan fingerprint density at radius 1 is 1.14 bits per heavy atom. The maximum Gasteiger partial charge on any atom is 0.229 e. The number of aryl methyl sites for hydroxylation is 1. The van der Waals surface area contributed by atoms with Gasteiger partial charge in [0.25, 0.3) is 0 Å². The lowest BCUT2D eigenvalue weighted by Crippen LogP contribution is -2.14. The van der Waals surface area contributed by atoms with Crippen LogP contribution in [0.1, 0.15) is 29.9 Å². The lowest BCUT2D eigenvalue weighted by Gasteiger charge is -2.22. The summed E-state index contributed by atoms with van der Waals surface area (Å²) in [5.74, 6) is 1.11. The van der Waals surface area contributed by atoms with Gasteiger partial charge < -0.3 is 10.1 Å². The van der Waals surface area contributed by atoms with Crippen LogP contribution in [0.4, 0.5) is 11.6 Å². The van der Waals surface area contributed by atoms with Crippen LogP contribution >= 0.6 is 0 Å². The van der Waals surface area contributed by atoms with E-state index >= 15 is 0 Å². The molecule has 0 atom stereocenters. The summed E-state index contributed by atoms with van der Waals surface area (Å²) >= 11 is 0. The summed E-state index contributed by atoms with van der Waals surface area (Å²) in [6.07, 6.45) is 9.41. The highest BCUT2D eigenvalue weighted by molar-refractivity contribution is 5.75. The SMILES string of the molecule is Cn1cc(Nc2ncc3cnn(Cc4cccc(C5CCOCC5)c4)c3n2)cn1. The Morgan fingerprint density at radius 2 is 2.03 bits per heavy atom. The second kappa shape index (κ2) is 7.63. The Labute approximate surface area is 168 Å². The second-order valence-electron chi connectivity index (χ2n) is 7.43. The first-order chi connectivity index (χ1) is 14.2. The van der Waals surface area contributed by atoms with Gasteiger partial charge in [-0.05, 0) is 29.9 Å². The van der Waals surface area contributed by atoms with Crippen LogP contribution in [0.25, 0.3) is 11.0 Å². The maximum absolute atomic E-state index is 5.50. The number of rotatable bonds is 5. The number of aromatic nitrogens is 6. The molecule has 0 saturated carbocycles. The third-order valence-electron chi connectivity index (χ3n) is 5.31. The molecule has 0 radical (unpaired) electrons. The van der Waals surface area contributed by atoms with Crippen LogP contribution in [-0.4, -0.2) is 42.7 Å². The van der Waals surface area contributed by atoms with E-state index in [2.05, 4.69) is 49.7 Å². The van der Waals surface area contributed by atoms with Gasteiger partial charge in [-0.25, -0.2) is 9.67 Å².